The quantitative estimate of drug-likeness (QED) is 0.755. The van der Waals surface area contributed by atoms with Crippen LogP contribution in [0.4, 0.5) is 8.78 Å². The van der Waals surface area contributed by atoms with Crippen molar-refractivity contribution in [2.24, 2.45) is 0 Å². The van der Waals surface area contributed by atoms with Crippen LogP contribution in [-0.4, -0.2) is 5.78 Å². The van der Waals surface area contributed by atoms with Crippen LogP contribution in [0.25, 0.3) is 0 Å². The molecule has 0 saturated heterocycles. The molecule has 0 spiro atoms. The second-order valence-corrected chi connectivity index (χ2v) is 4.15. The molecule has 0 aromatic heterocycles. The van der Waals surface area contributed by atoms with Gasteiger partial charge in [0.15, 0.2) is 5.78 Å². The lowest BCUT2D eigenvalue weighted by atomic mass is 9.99. The number of hydrogen-bond acceptors (Lipinski definition) is 1. The first kappa shape index (κ1) is 12.4. The minimum Gasteiger partial charge on any atom is -0.294 e. The summed E-state index contributed by atoms with van der Waals surface area (Å²) in [6.07, 6.45) is 0.0764. The number of benzene rings is 2. The fourth-order valence-electron chi connectivity index (χ4n) is 1.81. The summed E-state index contributed by atoms with van der Waals surface area (Å²) in [7, 11) is 0. The van der Waals surface area contributed by atoms with Gasteiger partial charge in [0, 0.05) is 6.42 Å². The lowest BCUT2D eigenvalue weighted by Gasteiger charge is -2.06. The van der Waals surface area contributed by atoms with E-state index in [4.69, 9.17) is 0 Å². The van der Waals surface area contributed by atoms with Crippen molar-refractivity contribution in [1.82, 2.24) is 0 Å². The monoisotopic (exact) mass is 246 g/mol. The molecule has 0 aliphatic carbocycles. The van der Waals surface area contributed by atoms with Crippen LogP contribution in [0.1, 0.15) is 21.5 Å². The van der Waals surface area contributed by atoms with Gasteiger partial charge < -0.3 is 0 Å². The summed E-state index contributed by atoms with van der Waals surface area (Å²) < 4.78 is 26.4. The highest BCUT2D eigenvalue weighted by atomic mass is 19.1. The first-order valence-corrected chi connectivity index (χ1v) is 5.60. The third kappa shape index (κ3) is 2.62. The normalized spacial score (nSPS) is 10.4. The van der Waals surface area contributed by atoms with E-state index in [1.54, 1.807) is 19.1 Å². The minimum absolute atomic E-state index is 0.0706. The zero-order valence-corrected chi connectivity index (χ0v) is 9.91. The fourth-order valence-corrected chi connectivity index (χ4v) is 1.81. The topological polar surface area (TPSA) is 17.1 Å². The van der Waals surface area contributed by atoms with Crippen LogP contribution in [0, 0.1) is 18.6 Å². The van der Waals surface area contributed by atoms with E-state index < -0.39 is 5.82 Å². The summed E-state index contributed by atoms with van der Waals surface area (Å²) in [4.78, 5) is 11.9. The number of carbonyl (C=O) groups is 1. The second kappa shape index (κ2) is 5.08. The van der Waals surface area contributed by atoms with E-state index in [2.05, 4.69) is 0 Å². The number of Topliss-reactive ketones (excluding diaryl/α,β-unsaturated/α-hetero) is 1. The second-order valence-electron chi connectivity index (χ2n) is 4.15. The van der Waals surface area contributed by atoms with Crippen molar-refractivity contribution in [2.45, 2.75) is 13.3 Å². The zero-order chi connectivity index (χ0) is 13.1. The molecule has 0 atom stereocenters. The van der Waals surface area contributed by atoms with Crippen molar-refractivity contribution >= 4 is 5.78 Å². The summed E-state index contributed by atoms with van der Waals surface area (Å²) in [5.41, 5.74) is 1.48. The molecule has 0 saturated carbocycles. The molecule has 3 heteroatoms. The maximum atomic E-state index is 13.4. The Hall–Kier alpha value is -2.03. The highest BCUT2D eigenvalue weighted by molar-refractivity contribution is 5.97. The SMILES string of the molecule is Cc1cc(F)ccc1CC(=O)c1ccccc1F. The van der Waals surface area contributed by atoms with Gasteiger partial charge in [-0.2, -0.15) is 0 Å². The number of carbonyl (C=O) groups excluding carboxylic acids is 1. The van der Waals surface area contributed by atoms with Gasteiger partial charge in [0.2, 0.25) is 0 Å². The molecular formula is C15H12F2O. The molecule has 0 fully saturated rings. The highest BCUT2D eigenvalue weighted by Crippen LogP contribution is 2.15. The minimum atomic E-state index is -0.526. The lowest BCUT2D eigenvalue weighted by molar-refractivity contribution is 0.0989. The Bertz CT molecular complexity index is 591. The summed E-state index contributed by atoms with van der Waals surface area (Å²) in [5, 5.41) is 0. The number of halogens is 2. The molecule has 1 nitrogen and oxygen atoms in total. The average Bonchev–Trinajstić information content (AvgIpc) is 2.33. The van der Waals surface area contributed by atoms with Crippen molar-refractivity contribution in [2.75, 3.05) is 0 Å². The van der Waals surface area contributed by atoms with Crippen molar-refractivity contribution in [3.05, 3.63) is 70.8 Å². The van der Waals surface area contributed by atoms with E-state index in [1.165, 1.54) is 30.3 Å². The van der Waals surface area contributed by atoms with Gasteiger partial charge in [-0.05, 0) is 42.3 Å². The summed E-state index contributed by atoms with van der Waals surface area (Å²) in [6.45, 7) is 1.73. The molecule has 2 rings (SSSR count). The third-order valence-electron chi connectivity index (χ3n) is 2.83. The van der Waals surface area contributed by atoms with E-state index in [0.717, 1.165) is 0 Å². The Labute approximate surface area is 104 Å². The number of rotatable bonds is 3. The van der Waals surface area contributed by atoms with Crippen LogP contribution in [0.5, 0.6) is 0 Å². The van der Waals surface area contributed by atoms with Crippen molar-refractivity contribution < 1.29 is 13.6 Å². The third-order valence-corrected chi connectivity index (χ3v) is 2.83. The van der Waals surface area contributed by atoms with Gasteiger partial charge in [0.05, 0.1) is 5.56 Å². The van der Waals surface area contributed by atoms with Gasteiger partial charge >= 0.3 is 0 Å². The van der Waals surface area contributed by atoms with E-state index in [0.29, 0.717) is 11.1 Å². The van der Waals surface area contributed by atoms with Gasteiger partial charge in [0.25, 0.3) is 0 Å². The molecule has 0 N–H and O–H groups in total. The Morgan fingerprint density at radius 1 is 1.11 bits per heavy atom. The number of ketones is 1. The Kier molecular flexibility index (Phi) is 3.51. The Morgan fingerprint density at radius 2 is 1.83 bits per heavy atom. The van der Waals surface area contributed by atoms with E-state index in [-0.39, 0.29) is 23.6 Å². The van der Waals surface area contributed by atoms with Crippen LogP contribution < -0.4 is 0 Å². The molecule has 2 aromatic carbocycles. The van der Waals surface area contributed by atoms with Gasteiger partial charge in [-0.3, -0.25) is 4.79 Å². The predicted molar refractivity (Wildman–Crippen MR) is 65.6 cm³/mol. The smallest absolute Gasteiger partial charge is 0.170 e. The maximum absolute atomic E-state index is 13.4. The molecule has 0 unspecified atom stereocenters. The molecular weight excluding hydrogens is 234 g/mol. The summed E-state index contributed by atoms with van der Waals surface area (Å²) in [6, 6.07) is 10.1. The van der Waals surface area contributed by atoms with Crippen molar-refractivity contribution in [3.63, 3.8) is 0 Å². The van der Waals surface area contributed by atoms with E-state index in [9.17, 15) is 13.6 Å². The molecule has 18 heavy (non-hydrogen) atoms. The highest BCUT2D eigenvalue weighted by Gasteiger charge is 2.12. The van der Waals surface area contributed by atoms with Crippen LogP contribution in [0.15, 0.2) is 42.5 Å². The largest absolute Gasteiger partial charge is 0.294 e. The average molecular weight is 246 g/mol. The molecule has 0 heterocycles. The van der Waals surface area contributed by atoms with Crippen molar-refractivity contribution in [3.8, 4) is 0 Å². The standard InChI is InChI=1S/C15H12F2O/c1-10-8-12(16)7-6-11(10)9-15(18)13-4-2-3-5-14(13)17/h2-8H,9H2,1H3. The van der Waals surface area contributed by atoms with Crippen molar-refractivity contribution in [1.29, 1.82) is 0 Å². The molecule has 92 valence electrons. The fraction of sp³-hybridized carbons (Fsp3) is 0.133. The molecule has 0 radical (unpaired) electrons. The molecule has 2 aromatic rings. The van der Waals surface area contributed by atoms with Gasteiger partial charge in [-0.1, -0.05) is 18.2 Å². The van der Waals surface area contributed by atoms with Crippen LogP contribution in [0.2, 0.25) is 0 Å². The van der Waals surface area contributed by atoms with Crippen LogP contribution in [0.3, 0.4) is 0 Å². The molecule has 0 aliphatic heterocycles. The molecule has 0 amide bonds. The van der Waals surface area contributed by atoms with Gasteiger partial charge in [-0.25, -0.2) is 8.78 Å². The molecule has 0 bridgehead atoms. The number of hydrogen-bond donors (Lipinski definition) is 0. The van der Waals surface area contributed by atoms with E-state index >= 15 is 0 Å². The maximum Gasteiger partial charge on any atom is 0.170 e. The van der Waals surface area contributed by atoms with Gasteiger partial charge in [-0.15, -0.1) is 0 Å². The zero-order valence-electron chi connectivity index (χ0n) is 9.91. The Balaban J connectivity index is 2.24. The summed E-state index contributed by atoms with van der Waals surface area (Å²) in [5.74, 6) is -1.17. The number of aryl methyl sites for hydroxylation is 1. The van der Waals surface area contributed by atoms with Crippen LogP contribution >= 0.6 is 0 Å². The lowest BCUT2D eigenvalue weighted by Crippen LogP contribution is -2.07. The first-order chi connectivity index (χ1) is 8.58. The first-order valence-electron chi connectivity index (χ1n) is 5.60. The summed E-state index contributed by atoms with van der Waals surface area (Å²) >= 11 is 0. The van der Waals surface area contributed by atoms with Gasteiger partial charge in [0.1, 0.15) is 11.6 Å². The molecule has 0 aliphatic rings. The predicted octanol–water partition coefficient (Wildman–Crippen LogP) is 3.70. The van der Waals surface area contributed by atoms with E-state index in [1.807, 2.05) is 0 Å². The van der Waals surface area contributed by atoms with Crippen LogP contribution in [-0.2, 0) is 6.42 Å². The Morgan fingerprint density at radius 3 is 2.50 bits per heavy atom.